The Morgan fingerprint density at radius 1 is 1.17 bits per heavy atom. The van der Waals surface area contributed by atoms with Gasteiger partial charge in [-0.15, -0.1) is 0 Å². The molecule has 0 aliphatic carbocycles. The number of aryl methyl sites for hydroxylation is 1. The van der Waals surface area contributed by atoms with E-state index in [0.717, 1.165) is 9.87 Å². The normalized spacial score (nSPS) is 17.1. The van der Waals surface area contributed by atoms with Crippen molar-refractivity contribution in [3.05, 3.63) is 59.4 Å². The van der Waals surface area contributed by atoms with Crippen molar-refractivity contribution < 1.29 is 22.3 Å². The average molecular weight is 421 g/mol. The Morgan fingerprint density at radius 2 is 1.93 bits per heavy atom. The molecule has 156 valence electrons. The van der Waals surface area contributed by atoms with Crippen molar-refractivity contribution in [3.63, 3.8) is 0 Å². The van der Waals surface area contributed by atoms with Gasteiger partial charge >= 0.3 is 0 Å². The maximum Gasteiger partial charge on any atom is 0.282 e. The molecule has 1 saturated heterocycles. The van der Waals surface area contributed by atoms with E-state index in [1.54, 1.807) is 44.4 Å². The highest BCUT2D eigenvalue weighted by Gasteiger charge is 2.34. The Hall–Kier alpha value is -2.49. The van der Waals surface area contributed by atoms with Gasteiger partial charge in [0.15, 0.2) is 0 Å². The summed E-state index contributed by atoms with van der Waals surface area (Å²) in [7, 11) is -2.24. The number of rotatable bonds is 6. The summed E-state index contributed by atoms with van der Waals surface area (Å²) in [5, 5.41) is 2.55. The lowest BCUT2D eigenvalue weighted by Crippen LogP contribution is -2.51. The summed E-state index contributed by atoms with van der Waals surface area (Å²) in [4.78, 5) is 12.3. The molecule has 2 aromatic carbocycles. The van der Waals surface area contributed by atoms with Crippen LogP contribution in [0.25, 0.3) is 0 Å². The molecule has 1 aliphatic rings. The molecule has 0 atom stereocenters. The molecule has 0 unspecified atom stereocenters. The van der Waals surface area contributed by atoms with Gasteiger partial charge in [0.05, 0.1) is 13.7 Å². The molecule has 3 rings (SSSR count). The van der Waals surface area contributed by atoms with Crippen LogP contribution in [0.3, 0.4) is 0 Å². The Kier molecular flexibility index (Phi) is 6.51. The van der Waals surface area contributed by atoms with Crippen LogP contribution >= 0.6 is 0 Å². The monoisotopic (exact) mass is 421 g/mol. The van der Waals surface area contributed by atoms with Gasteiger partial charge in [-0.2, -0.15) is 17.0 Å². The van der Waals surface area contributed by atoms with Gasteiger partial charge in [0, 0.05) is 25.3 Å². The van der Waals surface area contributed by atoms with Gasteiger partial charge in [0.2, 0.25) is 5.91 Å². The molecule has 1 fully saturated rings. The van der Waals surface area contributed by atoms with E-state index in [1.807, 2.05) is 6.07 Å². The molecule has 9 heteroatoms. The summed E-state index contributed by atoms with van der Waals surface area (Å²) >= 11 is 0. The molecule has 0 spiro atoms. The summed E-state index contributed by atoms with van der Waals surface area (Å²) in [6, 6.07) is 11.6. The second-order valence-electron chi connectivity index (χ2n) is 6.89. The van der Waals surface area contributed by atoms with Crippen LogP contribution in [0, 0.1) is 12.7 Å². The third kappa shape index (κ3) is 5.11. The number of anilines is 1. The second kappa shape index (κ2) is 8.89. The molecule has 0 aromatic heterocycles. The molecule has 1 N–H and O–H groups in total. The summed E-state index contributed by atoms with van der Waals surface area (Å²) in [6.45, 7) is 2.12. The van der Waals surface area contributed by atoms with E-state index in [9.17, 15) is 17.6 Å². The van der Waals surface area contributed by atoms with Crippen molar-refractivity contribution in [1.29, 1.82) is 0 Å². The number of amides is 1. The number of carbonyl (C=O) groups is 1. The van der Waals surface area contributed by atoms with Crippen molar-refractivity contribution in [2.45, 2.75) is 19.9 Å². The fraction of sp³-hybridized carbons (Fsp3) is 0.350. The van der Waals surface area contributed by atoms with Crippen LogP contribution in [0.1, 0.15) is 17.5 Å². The highest BCUT2D eigenvalue weighted by molar-refractivity contribution is 7.86. The first-order chi connectivity index (χ1) is 13.8. The lowest BCUT2D eigenvalue weighted by atomic mass is 10.2. The third-order valence-corrected chi connectivity index (χ3v) is 6.66. The maximum atomic E-state index is 13.7. The topological polar surface area (TPSA) is 79.0 Å². The van der Waals surface area contributed by atoms with Crippen LogP contribution in [0.2, 0.25) is 0 Å². The number of ether oxygens (including phenoxy) is 1. The van der Waals surface area contributed by atoms with E-state index in [0.29, 0.717) is 30.0 Å². The minimum absolute atomic E-state index is 0.195. The largest absolute Gasteiger partial charge is 0.497 e. The Labute approximate surface area is 170 Å². The fourth-order valence-corrected chi connectivity index (χ4v) is 4.78. The van der Waals surface area contributed by atoms with Crippen molar-refractivity contribution in [2.75, 3.05) is 32.1 Å². The smallest absolute Gasteiger partial charge is 0.282 e. The van der Waals surface area contributed by atoms with Crippen molar-refractivity contribution in [3.8, 4) is 5.75 Å². The zero-order valence-electron chi connectivity index (χ0n) is 16.4. The Balaban J connectivity index is 1.67. The number of hydrogen-bond acceptors (Lipinski definition) is 4. The van der Waals surface area contributed by atoms with E-state index < -0.39 is 21.9 Å². The van der Waals surface area contributed by atoms with Gasteiger partial charge in [-0.05, 0) is 48.7 Å². The van der Waals surface area contributed by atoms with Crippen molar-refractivity contribution >= 4 is 21.8 Å². The SMILES string of the molecule is COc1cccc(CN2CCCN(CC(=O)Nc3ccc(C)c(F)c3)S2(=O)=O)c1. The first-order valence-corrected chi connectivity index (χ1v) is 10.6. The summed E-state index contributed by atoms with van der Waals surface area (Å²) in [6.07, 6.45) is 0.607. The maximum absolute atomic E-state index is 13.7. The van der Waals surface area contributed by atoms with E-state index in [-0.39, 0.29) is 19.6 Å². The lowest BCUT2D eigenvalue weighted by molar-refractivity contribution is -0.116. The predicted octanol–water partition coefficient (Wildman–Crippen LogP) is 2.53. The van der Waals surface area contributed by atoms with E-state index in [2.05, 4.69) is 5.32 Å². The number of benzene rings is 2. The highest BCUT2D eigenvalue weighted by Crippen LogP contribution is 2.21. The van der Waals surface area contributed by atoms with Gasteiger partial charge in [-0.25, -0.2) is 4.39 Å². The molecule has 1 aliphatic heterocycles. The molecule has 0 radical (unpaired) electrons. The lowest BCUT2D eigenvalue weighted by Gasteiger charge is -2.34. The number of halogens is 1. The number of carbonyl (C=O) groups excluding carboxylic acids is 1. The summed E-state index contributed by atoms with van der Waals surface area (Å²) in [5.74, 6) is -0.295. The van der Waals surface area contributed by atoms with Crippen LogP contribution in [-0.4, -0.2) is 49.7 Å². The van der Waals surface area contributed by atoms with Crippen LogP contribution in [0.5, 0.6) is 5.75 Å². The summed E-state index contributed by atoms with van der Waals surface area (Å²) < 4.78 is 47.2. The first-order valence-electron chi connectivity index (χ1n) is 9.24. The molecule has 0 bridgehead atoms. The van der Waals surface area contributed by atoms with Crippen molar-refractivity contribution in [2.24, 2.45) is 0 Å². The zero-order chi connectivity index (χ0) is 21.0. The van der Waals surface area contributed by atoms with Crippen LogP contribution in [0.15, 0.2) is 42.5 Å². The van der Waals surface area contributed by atoms with Crippen LogP contribution in [0.4, 0.5) is 10.1 Å². The molecule has 0 saturated carbocycles. The highest BCUT2D eigenvalue weighted by atomic mass is 32.2. The van der Waals surface area contributed by atoms with E-state index >= 15 is 0 Å². The van der Waals surface area contributed by atoms with Crippen LogP contribution in [-0.2, 0) is 21.5 Å². The van der Waals surface area contributed by atoms with Gasteiger partial charge in [-0.3, -0.25) is 4.79 Å². The minimum Gasteiger partial charge on any atom is -0.497 e. The molecule has 7 nitrogen and oxygen atoms in total. The third-order valence-electron chi connectivity index (χ3n) is 4.74. The number of methoxy groups -OCH3 is 1. The molecule has 29 heavy (non-hydrogen) atoms. The molecule has 1 heterocycles. The standard InChI is InChI=1S/C20H24FN3O4S/c1-15-7-8-17(12-19(15)21)22-20(25)14-24-10-4-9-23(29(24,26)27)13-16-5-3-6-18(11-16)28-2/h3,5-8,11-12H,4,9-10,13-14H2,1-2H3,(H,22,25). The van der Waals surface area contributed by atoms with Gasteiger partial charge in [0.1, 0.15) is 11.6 Å². The van der Waals surface area contributed by atoms with Gasteiger partial charge in [-0.1, -0.05) is 18.2 Å². The van der Waals surface area contributed by atoms with Gasteiger partial charge in [0.25, 0.3) is 10.2 Å². The average Bonchev–Trinajstić information content (AvgIpc) is 2.68. The van der Waals surface area contributed by atoms with Gasteiger partial charge < -0.3 is 10.1 Å². The molecule has 1 amide bonds. The second-order valence-corrected chi connectivity index (χ2v) is 8.82. The van der Waals surface area contributed by atoms with Crippen molar-refractivity contribution in [1.82, 2.24) is 8.61 Å². The number of nitrogens with zero attached hydrogens (tertiary/aromatic N) is 2. The number of hydrogen-bond donors (Lipinski definition) is 1. The molecular formula is C20H24FN3O4S. The van der Waals surface area contributed by atoms with E-state index in [1.165, 1.54) is 10.4 Å². The Bertz CT molecular complexity index is 997. The quantitative estimate of drug-likeness (QED) is 0.778. The molecular weight excluding hydrogens is 397 g/mol. The molecule has 2 aromatic rings. The van der Waals surface area contributed by atoms with Crippen LogP contribution < -0.4 is 10.1 Å². The zero-order valence-corrected chi connectivity index (χ0v) is 17.2. The first kappa shape index (κ1) is 21.2. The summed E-state index contributed by atoms with van der Waals surface area (Å²) in [5.41, 5.74) is 1.56. The minimum atomic E-state index is -3.79. The predicted molar refractivity (Wildman–Crippen MR) is 108 cm³/mol. The Morgan fingerprint density at radius 3 is 2.66 bits per heavy atom. The number of nitrogens with one attached hydrogen (secondary N) is 1. The van der Waals surface area contributed by atoms with E-state index in [4.69, 9.17) is 4.74 Å². The fourth-order valence-electron chi connectivity index (χ4n) is 3.14.